The van der Waals surface area contributed by atoms with Crippen LogP contribution in [0.3, 0.4) is 0 Å². The summed E-state index contributed by atoms with van der Waals surface area (Å²) in [5, 5.41) is 2.00. The van der Waals surface area contributed by atoms with Crippen molar-refractivity contribution >= 4 is 26.7 Å². The van der Waals surface area contributed by atoms with Crippen LogP contribution in [0.1, 0.15) is 10.4 Å². The number of benzene rings is 2. The van der Waals surface area contributed by atoms with Crippen LogP contribution in [0.4, 0.5) is 13.2 Å². The van der Waals surface area contributed by atoms with E-state index in [0.717, 1.165) is 22.1 Å². The van der Waals surface area contributed by atoms with E-state index in [1.165, 1.54) is 0 Å². The normalized spacial score (nSPS) is 13.4. The molecule has 1 unspecified atom stereocenters. The highest BCUT2D eigenvalue weighted by Crippen LogP contribution is 2.29. The highest BCUT2D eigenvalue weighted by atomic mass is 79.9. The van der Waals surface area contributed by atoms with E-state index in [1.54, 1.807) is 7.11 Å². The summed E-state index contributed by atoms with van der Waals surface area (Å²) >= 11 is 3.35. The van der Waals surface area contributed by atoms with E-state index in [-0.39, 0.29) is 11.4 Å². The lowest BCUT2D eigenvalue weighted by Gasteiger charge is -2.13. The zero-order valence-corrected chi connectivity index (χ0v) is 12.9. The van der Waals surface area contributed by atoms with E-state index in [0.29, 0.717) is 0 Å². The summed E-state index contributed by atoms with van der Waals surface area (Å²) in [5.41, 5.74) is 0.870. The molecular formula is C15H14BrF3O2. The standard InChI is InChI=1S/C15H14BrF3O2/c1-20-13-5-4-10-6-12(3-2-11(10)7-13)14(16)8-21-9-15(17,18)19/h2-7,14H,8-9H2,1H3. The molecule has 0 aromatic heterocycles. The Kier molecular flexibility index (Phi) is 5.11. The van der Waals surface area contributed by atoms with Gasteiger partial charge in [0.05, 0.1) is 18.5 Å². The minimum Gasteiger partial charge on any atom is -0.497 e. The van der Waals surface area contributed by atoms with Crippen LogP contribution < -0.4 is 4.74 Å². The molecule has 0 saturated heterocycles. The maximum absolute atomic E-state index is 12.0. The molecule has 0 aliphatic rings. The molecule has 114 valence electrons. The van der Waals surface area contributed by atoms with E-state index in [9.17, 15) is 13.2 Å². The first-order chi connectivity index (χ1) is 9.89. The molecule has 0 aliphatic carbocycles. The van der Waals surface area contributed by atoms with Crippen molar-refractivity contribution < 1.29 is 22.6 Å². The van der Waals surface area contributed by atoms with Crippen LogP contribution in [-0.2, 0) is 4.74 Å². The Hall–Kier alpha value is -1.27. The van der Waals surface area contributed by atoms with Crippen LogP contribution in [0.15, 0.2) is 36.4 Å². The van der Waals surface area contributed by atoms with Crippen molar-refractivity contribution in [1.82, 2.24) is 0 Å². The summed E-state index contributed by atoms with van der Waals surface area (Å²) in [6.45, 7) is -1.28. The third-order valence-corrected chi connectivity index (χ3v) is 3.76. The number of alkyl halides is 4. The second-order valence-corrected chi connectivity index (χ2v) is 5.68. The lowest BCUT2D eigenvalue weighted by Crippen LogP contribution is -2.18. The number of ether oxygens (including phenoxy) is 2. The Labute approximate surface area is 129 Å². The van der Waals surface area contributed by atoms with Crippen molar-refractivity contribution in [2.45, 2.75) is 11.0 Å². The molecule has 0 heterocycles. The Morgan fingerprint density at radius 3 is 2.43 bits per heavy atom. The van der Waals surface area contributed by atoms with Crippen molar-refractivity contribution in [1.29, 1.82) is 0 Å². The smallest absolute Gasteiger partial charge is 0.411 e. The maximum atomic E-state index is 12.0. The number of fused-ring (bicyclic) bond motifs is 1. The van der Waals surface area contributed by atoms with Gasteiger partial charge in [0.15, 0.2) is 0 Å². The average molecular weight is 363 g/mol. The fraction of sp³-hybridized carbons (Fsp3) is 0.333. The summed E-state index contributed by atoms with van der Waals surface area (Å²) < 4.78 is 45.9. The highest BCUT2D eigenvalue weighted by molar-refractivity contribution is 9.09. The van der Waals surface area contributed by atoms with Gasteiger partial charge in [-0.3, -0.25) is 0 Å². The SMILES string of the molecule is COc1ccc2cc(C(Br)COCC(F)(F)F)ccc2c1. The molecule has 0 aliphatic heterocycles. The van der Waals surface area contributed by atoms with Crippen molar-refractivity contribution in [2.24, 2.45) is 0 Å². The summed E-state index contributed by atoms with van der Waals surface area (Å²) in [4.78, 5) is -0.286. The molecule has 21 heavy (non-hydrogen) atoms. The van der Waals surface area contributed by atoms with Gasteiger partial charge in [-0.05, 0) is 34.5 Å². The lowest BCUT2D eigenvalue weighted by molar-refractivity contribution is -0.173. The monoisotopic (exact) mass is 362 g/mol. The molecule has 0 saturated carbocycles. The lowest BCUT2D eigenvalue weighted by atomic mass is 10.1. The van der Waals surface area contributed by atoms with Crippen LogP contribution in [0.5, 0.6) is 5.75 Å². The quantitative estimate of drug-likeness (QED) is 0.707. The van der Waals surface area contributed by atoms with Gasteiger partial charge in [0.25, 0.3) is 0 Å². The molecule has 2 aromatic rings. The number of methoxy groups -OCH3 is 1. The summed E-state index contributed by atoms with van der Waals surface area (Å²) in [5.74, 6) is 0.763. The van der Waals surface area contributed by atoms with Gasteiger partial charge in [0, 0.05) is 0 Å². The molecule has 0 fully saturated rings. The van der Waals surface area contributed by atoms with Crippen molar-refractivity contribution in [2.75, 3.05) is 20.3 Å². The van der Waals surface area contributed by atoms with E-state index in [2.05, 4.69) is 20.7 Å². The highest BCUT2D eigenvalue weighted by Gasteiger charge is 2.27. The fourth-order valence-electron chi connectivity index (χ4n) is 1.94. The predicted molar refractivity (Wildman–Crippen MR) is 79.0 cm³/mol. The first kappa shape index (κ1) is 16.1. The molecule has 1 atom stereocenters. The van der Waals surface area contributed by atoms with E-state index < -0.39 is 12.8 Å². The van der Waals surface area contributed by atoms with Gasteiger partial charge in [0.2, 0.25) is 0 Å². The third kappa shape index (κ3) is 4.61. The molecule has 0 bridgehead atoms. The van der Waals surface area contributed by atoms with E-state index in [1.807, 2.05) is 36.4 Å². The first-order valence-electron chi connectivity index (χ1n) is 6.25. The fourth-order valence-corrected chi connectivity index (χ4v) is 2.41. The van der Waals surface area contributed by atoms with Crippen molar-refractivity contribution in [3.63, 3.8) is 0 Å². The Morgan fingerprint density at radius 2 is 1.76 bits per heavy atom. The largest absolute Gasteiger partial charge is 0.497 e. The van der Waals surface area contributed by atoms with Crippen LogP contribution in [0.2, 0.25) is 0 Å². The Balaban J connectivity index is 2.08. The van der Waals surface area contributed by atoms with Gasteiger partial charge in [-0.15, -0.1) is 0 Å². The molecule has 0 radical (unpaired) electrons. The number of rotatable bonds is 5. The van der Waals surface area contributed by atoms with Gasteiger partial charge in [-0.1, -0.05) is 34.1 Å². The number of hydrogen-bond donors (Lipinski definition) is 0. The van der Waals surface area contributed by atoms with Gasteiger partial charge in [0.1, 0.15) is 12.4 Å². The number of halogens is 4. The third-order valence-electron chi connectivity index (χ3n) is 2.96. The van der Waals surface area contributed by atoms with Crippen LogP contribution >= 0.6 is 15.9 Å². The van der Waals surface area contributed by atoms with Crippen molar-refractivity contribution in [3.8, 4) is 5.75 Å². The van der Waals surface area contributed by atoms with Crippen LogP contribution in [0.25, 0.3) is 10.8 Å². The topological polar surface area (TPSA) is 18.5 Å². The predicted octanol–water partition coefficient (Wildman–Crippen LogP) is 4.86. The van der Waals surface area contributed by atoms with Gasteiger partial charge >= 0.3 is 6.18 Å². The van der Waals surface area contributed by atoms with E-state index in [4.69, 9.17) is 4.74 Å². The molecule has 0 spiro atoms. The van der Waals surface area contributed by atoms with Gasteiger partial charge in [-0.25, -0.2) is 0 Å². The molecule has 0 amide bonds. The summed E-state index contributed by atoms with van der Waals surface area (Å²) in [6.07, 6.45) is -4.30. The molecule has 0 N–H and O–H groups in total. The summed E-state index contributed by atoms with van der Waals surface area (Å²) in [6, 6.07) is 11.3. The molecule has 2 aromatic carbocycles. The van der Waals surface area contributed by atoms with Crippen LogP contribution in [-0.4, -0.2) is 26.5 Å². The van der Waals surface area contributed by atoms with Crippen molar-refractivity contribution in [3.05, 3.63) is 42.0 Å². The van der Waals surface area contributed by atoms with Gasteiger partial charge in [-0.2, -0.15) is 13.2 Å². The zero-order chi connectivity index (χ0) is 15.5. The molecule has 2 nitrogen and oxygen atoms in total. The molecule has 6 heteroatoms. The number of hydrogen-bond acceptors (Lipinski definition) is 2. The van der Waals surface area contributed by atoms with Gasteiger partial charge < -0.3 is 9.47 Å². The Bertz CT molecular complexity index is 613. The minimum atomic E-state index is -4.30. The average Bonchev–Trinajstić information content (AvgIpc) is 2.44. The minimum absolute atomic E-state index is 0.0405. The first-order valence-corrected chi connectivity index (χ1v) is 7.17. The molecule has 2 rings (SSSR count). The second kappa shape index (κ2) is 6.66. The summed E-state index contributed by atoms with van der Waals surface area (Å²) in [7, 11) is 1.60. The van der Waals surface area contributed by atoms with E-state index >= 15 is 0 Å². The maximum Gasteiger partial charge on any atom is 0.411 e. The zero-order valence-electron chi connectivity index (χ0n) is 11.3. The Morgan fingerprint density at radius 1 is 1.10 bits per heavy atom. The van der Waals surface area contributed by atoms with Crippen LogP contribution in [0, 0.1) is 0 Å². The molecular weight excluding hydrogens is 349 g/mol. The second-order valence-electron chi connectivity index (χ2n) is 4.57.